The molecule has 0 aromatic carbocycles. The molecule has 3 atom stereocenters. The minimum Gasteiger partial charge on any atom is -0.380 e. The maximum absolute atomic E-state index is 13.2. The van der Waals surface area contributed by atoms with Gasteiger partial charge in [-0.3, -0.25) is 4.90 Å². The van der Waals surface area contributed by atoms with E-state index in [9.17, 15) is 4.39 Å². The highest BCUT2D eigenvalue weighted by Gasteiger charge is 2.50. The van der Waals surface area contributed by atoms with Gasteiger partial charge in [-0.25, -0.2) is 4.39 Å². The van der Waals surface area contributed by atoms with Gasteiger partial charge in [-0.15, -0.1) is 0 Å². The zero-order valence-corrected chi connectivity index (χ0v) is 10.4. The van der Waals surface area contributed by atoms with Crippen molar-refractivity contribution in [2.24, 2.45) is 0 Å². The summed E-state index contributed by atoms with van der Waals surface area (Å²) in [5.74, 6) is 0. The van der Waals surface area contributed by atoms with Crippen molar-refractivity contribution in [3.05, 3.63) is 0 Å². The van der Waals surface area contributed by atoms with Crippen molar-refractivity contribution < 1.29 is 9.13 Å². The van der Waals surface area contributed by atoms with Gasteiger partial charge in [-0.2, -0.15) is 0 Å². The highest BCUT2D eigenvalue weighted by atomic mass is 19.1. The number of methoxy groups -OCH3 is 1. The normalized spacial score (nSPS) is 39.8. The van der Waals surface area contributed by atoms with Gasteiger partial charge in [-0.1, -0.05) is 20.8 Å². The quantitative estimate of drug-likeness (QED) is 0.705. The molecule has 2 aliphatic heterocycles. The van der Waals surface area contributed by atoms with E-state index < -0.39 is 6.17 Å². The molecule has 0 saturated carbocycles. The van der Waals surface area contributed by atoms with Gasteiger partial charge in [0.05, 0.1) is 6.10 Å². The van der Waals surface area contributed by atoms with Crippen LogP contribution >= 0.6 is 0 Å². The molecule has 2 heterocycles. The molecule has 0 amide bonds. The van der Waals surface area contributed by atoms with E-state index >= 15 is 0 Å². The van der Waals surface area contributed by atoms with Gasteiger partial charge in [0.1, 0.15) is 6.17 Å². The summed E-state index contributed by atoms with van der Waals surface area (Å²) >= 11 is 0. The van der Waals surface area contributed by atoms with Gasteiger partial charge in [0.2, 0.25) is 0 Å². The van der Waals surface area contributed by atoms with Gasteiger partial charge in [0, 0.05) is 25.7 Å². The van der Waals surface area contributed by atoms with Gasteiger partial charge in [0.15, 0.2) is 0 Å². The molecule has 0 aromatic heterocycles. The third-order valence-corrected chi connectivity index (χ3v) is 3.71. The van der Waals surface area contributed by atoms with Crippen LogP contribution in [-0.4, -0.2) is 42.9 Å². The van der Waals surface area contributed by atoms with Crippen LogP contribution in [0.15, 0.2) is 0 Å². The lowest BCUT2D eigenvalue weighted by molar-refractivity contribution is 0.104. The van der Waals surface area contributed by atoms with Gasteiger partial charge in [-0.05, 0) is 19.3 Å². The fourth-order valence-corrected chi connectivity index (χ4v) is 2.92. The van der Waals surface area contributed by atoms with E-state index in [-0.39, 0.29) is 5.54 Å². The molecule has 0 radical (unpaired) electrons. The van der Waals surface area contributed by atoms with Crippen LogP contribution in [0.3, 0.4) is 0 Å². The molecule has 0 bridgehead atoms. The van der Waals surface area contributed by atoms with Crippen molar-refractivity contribution in [3.63, 3.8) is 0 Å². The van der Waals surface area contributed by atoms with Crippen LogP contribution in [0.4, 0.5) is 4.39 Å². The summed E-state index contributed by atoms with van der Waals surface area (Å²) in [6.07, 6.45) is 2.49. The van der Waals surface area contributed by atoms with E-state index in [1.54, 1.807) is 7.11 Å². The summed E-state index contributed by atoms with van der Waals surface area (Å²) in [6.45, 7) is 7.70. The molecular weight excluding hydrogens is 193 g/mol. The SMILES string of the molecule is CC.CC[C@]12C[C@@H](F)CN1C[C@H](OC)C2. The first-order chi connectivity index (χ1) is 7.20. The number of fused-ring (bicyclic) bond motifs is 1. The zero-order valence-electron chi connectivity index (χ0n) is 10.4. The van der Waals surface area contributed by atoms with Crippen molar-refractivity contribution in [1.82, 2.24) is 4.90 Å². The van der Waals surface area contributed by atoms with Gasteiger partial charge >= 0.3 is 0 Å². The number of alkyl halides is 1. The number of nitrogens with zero attached hydrogens (tertiary/aromatic N) is 1. The molecule has 0 N–H and O–H groups in total. The summed E-state index contributed by atoms with van der Waals surface area (Å²) in [6, 6.07) is 0. The minimum atomic E-state index is -0.613. The van der Waals surface area contributed by atoms with Gasteiger partial charge in [0.25, 0.3) is 0 Å². The molecule has 0 aliphatic carbocycles. The van der Waals surface area contributed by atoms with Crippen LogP contribution in [0.1, 0.15) is 40.0 Å². The second-order valence-electron chi connectivity index (χ2n) is 4.35. The second kappa shape index (κ2) is 5.26. The average Bonchev–Trinajstić information content (AvgIpc) is 2.73. The standard InChI is InChI=1S/C10H18FNO.C2H6/c1-3-10-4-8(11)6-12(10)7-9(5-10)13-2;1-2/h8-9H,3-7H2,1-2H3;1-2H3/t8-,9-,10-;/m1./s1. The summed E-state index contributed by atoms with van der Waals surface area (Å²) in [5.41, 5.74) is 0.125. The largest absolute Gasteiger partial charge is 0.380 e. The summed E-state index contributed by atoms with van der Waals surface area (Å²) < 4.78 is 18.6. The zero-order chi connectivity index (χ0) is 11.5. The highest BCUT2D eigenvalue weighted by Crippen LogP contribution is 2.42. The molecule has 15 heavy (non-hydrogen) atoms. The molecule has 2 saturated heterocycles. The number of rotatable bonds is 2. The predicted octanol–water partition coefficient (Wildman–Crippen LogP) is 2.62. The molecule has 2 aliphatic rings. The molecule has 0 unspecified atom stereocenters. The van der Waals surface area contributed by atoms with Crippen molar-refractivity contribution in [2.45, 2.75) is 57.8 Å². The van der Waals surface area contributed by atoms with E-state index in [1.165, 1.54) is 0 Å². The van der Waals surface area contributed by atoms with Gasteiger partial charge < -0.3 is 4.74 Å². The van der Waals surface area contributed by atoms with E-state index in [2.05, 4.69) is 11.8 Å². The van der Waals surface area contributed by atoms with Crippen molar-refractivity contribution >= 4 is 0 Å². The minimum absolute atomic E-state index is 0.125. The fraction of sp³-hybridized carbons (Fsp3) is 1.00. The average molecular weight is 217 g/mol. The molecule has 2 nitrogen and oxygen atoms in total. The Morgan fingerprint density at radius 2 is 2.00 bits per heavy atom. The van der Waals surface area contributed by atoms with Crippen molar-refractivity contribution in [3.8, 4) is 0 Å². The monoisotopic (exact) mass is 217 g/mol. The summed E-state index contributed by atoms with van der Waals surface area (Å²) in [4.78, 5) is 2.28. The Balaban J connectivity index is 0.000000531. The Morgan fingerprint density at radius 1 is 1.33 bits per heavy atom. The number of halogens is 1. The third kappa shape index (κ3) is 2.34. The molecule has 2 fully saturated rings. The van der Waals surface area contributed by atoms with E-state index in [0.29, 0.717) is 19.1 Å². The lowest BCUT2D eigenvalue weighted by Crippen LogP contribution is -2.37. The van der Waals surface area contributed by atoms with Crippen molar-refractivity contribution in [2.75, 3.05) is 20.2 Å². The smallest absolute Gasteiger partial charge is 0.115 e. The van der Waals surface area contributed by atoms with Crippen LogP contribution in [0, 0.1) is 0 Å². The first-order valence-corrected chi connectivity index (χ1v) is 6.12. The van der Waals surface area contributed by atoms with Crippen molar-refractivity contribution in [1.29, 1.82) is 0 Å². The second-order valence-corrected chi connectivity index (χ2v) is 4.35. The van der Waals surface area contributed by atoms with E-state index in [0.717, 1.165) is 19.4 Å². The predicted molar refractivity (Wildman–Crippen MR) is 60.9 cm³/mol. The van der Waals surface area contributed by atoms with Crippen LogP contribution in [0.5, 0.6) is 0 Å². The van der Waals surface area contributed by atoms with Crippen LogP contribution in [-0.2, 0) is 4.74 Å². The Kier molecular flexibility index (Phi) is 4.53. The van der Waals surface area contributed by atoms with Crippen LogP contribution in [0.2, 0.25) is 0 Å². The Labute approximate surface area is 92.8 Å². The highest BCUT2D eigenvalue weighted by molar-refractivity contribution is 5.05. The van der Waals surface area contributed by atoms with E-state index in [1.807, 2.05) is 13.8 Å². The van der Waals surface area contributed by atoms with Crippen LogP contribution < -0.4 is 0 Å². The number of hydrogen-bond donors (Lipinski definition) is 0. The Morgan fingerprint density at radius 3 is 2.47 bits per heavy atom. The molecule has 90 valence electrons. The maximum atomic E-state index is 13.2. The molecule has 0 aromatic rings. The molecule has 2 rings (SSSR count). The van der Waals surface area contributed by atoms with E-state index in [4.69, 9.17) is 4.74 Å². The summed E-state index contributed by atoms with van der Waals surface area (Å²) in [5, 5.41) is 0. The molecule has 3 heteroatoms. The maximum Gasteiger partial charge on any atom is 0.115 e. The first-order valence-electron chi connectivity index (χ1n) is 6.12. The number of ether oxygens (including phenoxy) is 1. The Bertz CT molecular complexity index is 200. The Hall–Kier alpha value is -0.150. The molecule has 0 spiro atoms. The van der Waals surface area contributed by atoms with Crippen LogP contribution in [0.25, 0.3) is 0 Å². The number of hydrogen-bond acceptors (Lipinski definition) is 2. The fourth-order valence-electron chi connectivity index (χ4n) is 2.92. The lowest BCUT2D eigenvalue weighted by atomic mass is 9.90. The summed E-state index contributed by atoms with van der Waals surface area (Å²) in [7, 11) is 1.75. The lowest BCUT2D eigenvalue weighted by Gasteiger charge is -2.29. The topological polar surface area (TPSA) is 12.5 Å². The third-order valence-electron chi connectivity index (χ3n) is 3.71. The molecular formula is C12H24FNO. The first kappa shape index (κ1) is 12.9.